The highest BCUT2D eigenvalue weighted by Gasteiger charge is 2.15. The third-order valence-electron chi connectivity index (χ3n) is 2.86. The lowest BCUT2D eigenvalue weighted by Gasteiger charge is -2.15. The highest BCUT2D eigenvalue weighted by Crippen LogP contribution is 2.13. The van der Waals surface area contributed by atoms with Crippen molar-refractivity contribution in [2.75, 3.05) is 40.1 Å². The molecule has 124 valence electrons. The Kier molecular flexibility index (Phi) is 7.67. The third kappa shape index (κ3) is 5.53. The van der Waals surface area contributed by atoms with Crippen LogP contribution < -0.4 is 11.0 Å². The van der Waals surface area contributed by atoms with Crippen molar-refractivity contribution in [3.63, 3.8) is 0 Å². The number of aromatic amines is 1. The molecule has 0 saturated carbocycles. The second-order valence-corrected chi connectivity index (χ2v) is 5.46. The molecule has 0 atom stereocenters. The first-order valence-electron chi connectivity index (χ1n) is 6.71. The van der Waals surface area contributed by atoms with Gasteiger partial charge in [-0.1, -0.05) is 11.8 Å². The molecule has 0 aliphatic rings. The van der Waals surface area contributed by atoms with Gasteiger partial charge < -0.3 is 15.0 Å². The van der Waals surface area contributed by atoms with E-state index >= 15 is 0 Å². The average Bonchev–Trinajstić information content (AvgIpc) is 2.85. The Hall–Kier alpha value is -1.81. The number of nitrogens with one attached hydrogen (secondary N) is 2. The molecule has 22 heavy (non-hydrogen) atoms. The minimum atomic E-state index is -0.315. The van der Waals surface area contributed by atoms with Gasteiger partial charge in [-0.15, -0.1) is 5.10 Å². The number of hydrogen-bond donors (Lipinski definition) is 2. The Morgan fingerprint density at radius 2 is 2.23 bits per heavy atom. The smallest absolute Gasteiger partial charge is 0.343 e. The SMILES string of the molecule is CNC(=O)CN(C)C(=O)CSc1n[nH]c(=O)n1CCCOC. The largest absolute Gasteiger partial charge is 0.385 e. The lowest BCUT2D eigenvalue weighted by atomic mass is 10.4. The summed E-state index contributed by atoms with van der Waals surface area (Å²) in [6.07, 6.45) is 0.675. The molecule has 0 saturated heterocycles. The maximum atomic E-state index is 11.9. The fraction of sp³-hybridized carbons (Fsp3) is 0.667. The van der Waals surface area contributed by atoms with Crippen molar-refractivity contribution < 1.29 is 14.3 Å². The molecule has 1 heterocycles. The number of nitrogens with zero attached hydrogens (tertiary/aromatic N) is 3. The highest BCUT2D eigenvalue weighted by molar-refractivity contribution is 7.99. The van der Waals surface area contributed by atoms with Gasteiger partial charge in [-0.2, -0.15) is 0 Å². The van der Waals surface area contributed by atoms with Crippen molar-refractivity contribution in [1.82, 2.24) is 25.0 Å². The average molecular weight is 331 g/mol. The van der Waals surface area contributed by atoms with Gasteiger partial charge in [0.1, 0.15) is 0 Å². The zero-order valence-electron chi connectivity index (χ0n) is 12.9. The lowest BCUT2D eigenvalue weighted by Crippen LogP contribution is -2.37. The van der Waals surface area contributed by atoms with Crippen LogP contribution >= 0.6 is 11.8 Å². The van der Waals surface area contributed by atoms with Gasteiger partial charge in [-0.25, -0.2) is 9.89 Å². The molecule has 1 rings (SSSR count). The molecule has 10 heteroatoms. The van der Waals surface area contributed by atoms with Crippen LogP contribution in [0.3, 0.4) is 0 Å². The Morgan fingerprint density at radius 3 is 2.86 bits per heavy atom. The zero-order chi connectivity index (χ0) is 16.5. The lowest BCUT2D eigenvalue weighted by molar-refractivity contribution is -0.132. The molecule has 1 aromatic heterocycles. The fourth-order valence-corrected chi connectivity index (χ4v) is 2.51. The standard InChI is InChI=1S/C12H21N5O4S/c1-13-9(18)7-16(2)10(19)8-22-12-15-14-11(20)17(12)5-4-6-21-3/h4-8H2,1-3H3,(H,13,18)(H,14,20). The molecule has 2 N–H and O–H groups in total. The summed E-state index contributed by atoms with van der Waals surface area (Å²) in [6.45, 7) is 1.00. The first-order chi connectivity index (χ1) is 10.5. The van der Waals surface area contributed by atoms with Crippen molar-refractivity contribution in [2.45, 2.75) is 18.1 Å². The van der Waals surface area contributed by atoms with Crippen molar-refractivity contribution in [3.05, 3.63) is 10.5 Å². The molecule has 9 nitrogen and oxygen atoms in total. The highest BCUT2D eigenvalue weighted by atomic mass is 32.2. The Balaban J connectivity index is 2.55. The minimum Gasteiger partial charge on any atom is -0.385 e. The van der Waals surface area contributed by atoms with Gasteiger partial charge in [0.2, 0.25) is 11.8 Å². The van der Waals surface area contributed by atoms with Crippen LogP contribution in [0.15, 0.2) is 9.95 Å². The van der Waals surface area contributed by atoms with Crippen LogP contribution in [0.25, 0.3) is 0 Å². The number of aromatic nitrogens is 3. The van der Waals surface area contributed by atoms with E-state index < -0.39 is 0 Å². The van der Waals surface area contributed by atoms with Crippen molar-refractivity contribution >= 4 is 23.6 Å². The maximum Gasteiger partial charge on any atom is 0.343 e. The summed E-state index contributed by atoms with van der Waals surface area (Å²) in [5, 5.41) is 9.16. The molecule has 0 fully saturated rings. The molecule has 0 unspecified atom stereocenters. The Bertz CT molecular complexity index is 556. The van der Waals surface area contributed by atoms with Gasteiger partial charge in [0.25, 0.3) is 0 Å². The Morgan fingerprint density at radius 1 is 1.50 bits per heavy atom. The summed E-state index contributed by atoms with van der Waals surface area (Å²) >= 11 is 1.15. The number of rotatable bonds is 9. The number of carbonyl (C=O) groups is 2. The molecular formula is C12H21N5O4S. The first kappa shape index (κ1) is 18.2. The van der Waals surface area contributed by atoms with Crippen molar-refractivity contribution in [2.24, 2.45) is 0 Å². The van der Waals surface area contributed by atoms with E-state index in [0.29, 0.717) is 24.7 Å². The third-order valence-corrected chi connectivity index (χ3v) is 3.82. The molecule has 0 aliphatic heterocycles. The molecule has 0 bridgehead atoms. The number of ether oxygens (including phenoxy) is 1. The Labute approximate surface area is 132 Å². The van der Waals surface area contributed by atoms with Crippen LogP contribution in [0, 0.1) is 0 Å². The summed E-state index contributed by atoms with van der Waals surface area (Å²) in [7, 11) is 4.65. The van der Waals surface area contributed by atoms with Crippen LogP contribution in [0.4, 0.5) is 0 Å². The van der Waals surface area contributed by atoms with Crippen LogP contribution in [-0.4, -0.2) is 71.6 Å². The minimum absolute atomic E-state index is 0.00287. The number of carbonyl (C=O) groups excluding carboxylic acids is 2. The van der Waals surface area contributed by atoms with E-state index in [1.54, 1.807) is 14.2 Å². The van der Waals surface area contributed by atoms with Crippen molar-refractivity contribution in [1.29, 1.82) is 0 Å². The summed E-state index contributed by atoms with van der Waals surface area (Å²) in [5.41, 5.74) is -0.315. The van der Waals surface area contributed by atoms with E-state index in [1.807, 2.05) is 0 Å². The molecule has 0 spiro atoms. The molecule has 0 aromatic carbocycles. The maximum absolute atomic E-state index is 11.9. The summed E-state index contributed by atoms with van der Waals surface area (Å²) in [5.74, 6) is -0.355. The van der Waals surface area contributed by atoms with Gasteiger partial charge in [-0.05, 0) is 6.42 Å². The molecule has 0 radical (unpaired) electrons. The molecule has 2 amide bonds. The molecule has 1 aromatic rings. The fourth-order valence-electron chi connectivity index (χ4n) is 1.60. The second kappa shape index (κ2) is 9.26. The topological polar surface area (TPSA) is 109 Å². The van der Waals surface area contributed by atoms with Crippen LogP contribution in [0.5, 0.6) is 0 Å². The number of amides is 2. The number of hydrogen-bond acceptors (Lipinski definition) is 6. The summed E-state index contributed by atoms with van der Waals surface area (Å²) in [6, 6.07) is 0. The van der Waals surface area contributed by atoms with Gasteiger partial charge in [0.15, 0.2) is 5.16 Å². The van der Waals surface area contributed by atoms with Gasteiger partial charge >= 0.3 is 5.69 Å². The number of methoxy groups -OCH3 is 1. The predicted octanol–water partition coefficient (Wildman–Crippen LogP) is -1.10. The number of thioether (sulfide) groups is 1. The van der Waals surface area contributed by atoms with E-state index in [-0.39, 0.29) is 29.8 Å². The van der Waals surface area contributed by atoms with E-state index in [9.17, 15) is 14.4 Å². The van der Waals surface area contributed by atoms with Gasteiger partial charge in [0.05, 0.1) is 12.3 Å². The monoisotopic (exact) mass is 331 g/mol. The van der Waals surface area contributed by atoms with Crippen LogP contribution in [0.2, 0.25) is 0 Å². The zero-order valence-corrected chi connectivity index (χ0v) is 13.7. The van der Waals surface area contributed by atoms with E-state index in [4.69, 9.17) is 4.74 Å². The van der Waals surface area contributed by atoms with E-state index in [0.717, 1.165) is 11.8 Å². The number of H-pyrrole nitrogens is 1. The van der Waals surface area contributed by atoms with Crippen LogP contribution in [-0.2, 0) is 20.9 Å². The number of likely N-dealkylation sites (N-methyl/N-ethyl adjacent to an activating group) is 2. The van der Waals surface area contributed by atoms with Crippen molar-refractivity contribution in [3.8, 4) is 0 Å². The normalized spacial score (nSPS) is 10.5. The predicted molar refractivity (Wildman–Crippen MR) is 81.8 cm³/mol. The summed E-state index contributed by atoms with van der Waals surface area (Å²) in [4.78, 5) is 36.1. The van der Waals surface area contributed by atoms with Crippen LogP contribution in [0.1, 0.15) is 6.42 Å². The van der Waals surface area contributed by atoms with E-state index in [2.05, 4.69) is 15.5 Å². The quantitative estimate of drug-likeness (QED) is 0.439. The summed E-state index contributed by atoms with van der Waals surface area (Å²) < 4.78 is 6.41. The van der Waals surface area contributed by atoms with Gasteiger partial charge in [0, 0.05) is 34.4 Å². The second-order valence-electron chi connectivity index (χ2n) is 4.52. The molecular weight excluding hydrogens is 310 g/mol. The van der Waals surface area contributed by atoms with Gasteiger partial charge in [-0.3, -0.25) is 14.2 Å². The molecule has 0 aliphatic carbocycles. The van der Waals surface area contributed by atoms with E-state index in [1.165, 1.54) is 16.5 Å². The first-order valence-corrected chi connectivity index (χ1v) is 7.69.